The Morgan fingerprint density at radius 3 is 2.63 bits per heavy atom. The third-order valence-corrected chi connectivity index (χ3v) is 5.86. The maximum atomic E-state index is 12.4. The number of carboxylic acid groups (broad SMARTS) is 1. The minimum atomic E-state index is -1.04. The Kier molecular flexibility index (Phi) is 6.08. The van der Waals surface area contributed by atoms with Crippen LogP contribution < -0.4 is 15.6 Å². The molecule has 9 heteroatoms. The Morgan fingerprint density at radius 1 is 1.26 bits per heavy atom. The van der Waals surface area contributed by atoms with Gasteiger partial charge < -0.3 is 19.7 Å². The molecule has 3 rings (SSSR count). The van der Waals surface area contributed by atoms with Gasteiger partial charge in [-0.25, -0.2) is 4.79 Å². The van der Waals surface area contributed by atoms with E-state index in [4.69, 9.17) is 4.74 Å². The van der Waals surface area contributed by atoms with E-state index in [9.17, 15) is 19.5 Å². The van der Waals surface area contributed by atoms with E-state index in [2.05, 4.69) is 21.2 Å². The number of hydrogen-bond acceptors (Lipinski definition) is 4. The highest BCUT2D eigenvalue weighted by Crippen LogP contribution is 2.28. The molecule has 0 bridgehead atoms. The van der Waals surface area contributed by atoms with Crippen molar-refractivity contribution >= 4 is 27.9 Å². The first-order valence-electron chi connectivity index (χ1n) is 9.18. The number of rotatable bonds is 4. The van der Waals surface area contributed by atoms with Gasteiger partial charge in [-0.3, -0.25) is 14.5 Å². The van der Waals surface area contributed by atoms with Crippen LogP contribution in [0.2, 0.25) is 0 Å². The predicted octanol–water partition coefficient (Wildman–Crippen LogP) is 2.10. The van der Waals surface area contributed by atoms with Crippen molar-refractivity contribution in [2.24, 2.45) is 7.05 Å². The number of likely N-dealkylation sites (tertiary alicyclic amines) is 1. The number of amides is 2. The van der Waals surface area contributed by atoms with Gasteiger partial charge in [-0.05, 0) is 54.5 Å². The third kappa shape index (κ3) is 4.63. The average molecular weight is 442 g/mol. The van der Waals surface area contributed by atoms with Crippen molar-refractivity contribution in [1.82, 2.24) is 14.8 Å². The van der Waals surface area contributed by atoms with Crippen LogP contribution in [0.25, 0.3) is 0 Å². The SMILES string of the molecule is Cn1cc(Br)c(O[C@H]2CC[C@H](NC(=O)[C@@H]3CCCN3C(=O)O)CC2)cc1=O. The van der Waals surface area contributed by atoms with Crippen molar-refractivity contribution in [3.8, 4) is 5.75 Å². The number of nitrogens with one attached hydrogen (secondary N) is 1. The zero-order valence-electron chi connectivity index (χ0n) is 15.2. The second-order valence-corrected chi connectivity index (χ2v) is 8.02. The van der Waals surface area contributed by atoms with Gasteiger partial charge in [0.25, 0.3) is 5.56 Å². The number of ether oxygens (including phenoxy) is 1. The van der Waals surface area contributed by atoms with Crippen molar-refractivity contribution in [2.45, 2.75) is 56.7 Å². The summed E-state index contributed by atoms with van der Waals surface area (Å²) < 4.78 is 8.18. The standard InChI is InChI=1S/C18H24BrN3O5/c1-21-10-13(19)15(9-16(21)23)27-12-6-4-11(5-7-12)20-17(24)14-3-2-8-22(14)18(25)26/h9-12,14H,2-8H2,1H3,(H,20,24)(H,25,26)/t11-,12-,14-/m0/s1. The fraction of sp³-hybridized carbons (Fsp3) is 0.611. The Hall–Kier alpha value is -2.03. The van der Waals surface area contributed by atoms with Crippen LogP contribution in [0.15, 0.2) is 21.5 Å². The molecule has 8 nitrogen and oxygen atoms in total. The van der Waals surface area contributed by atoms with E-state index in [1.54, 1.807) is 13.2 Å². The summed E-state index contributed by atoms with van der Waals surface area (Å²) >= 11 is 3.41. The van der Waals surface area contributed by atoms with Crippen LogP contribution in [0.5, 0.6) is 5.75 Å². The molecule has 2 fully saturated rings. The van der Waals surface area contributed by atoms with Gasteiger partial charge >= 0.3 is 6.09 Å². The Balaban J connectivity index is 1.50. The van der Waals surface area contributed by atoms with Crippen LogP contribution in [0.1, 0.15) is 38.5 Å². The average Bonchev–Trinajstić information content (AvgIpc) is 3.11. The highest BCUT2D eigenvalue weighted by molar-refractivity contribution is 9.10. The Morgan fingerprint density at radius 2 is 1.96 bits per heavy atom. The maximum Gasteiger partial charge on any atom is 0.407 e. The predicted molar refractivity (Wildman–Crippen MR) is 102 cm³/mol. The molecular weight excluding hydrogens is 418 g/mol. The number of hydrogen-bond donors (Lipinski definition) is 2. The van der Waals surface area contributed by atoms with E-state index in [1.165, 1.54) is 15.5 Å². The Bertz CT molecular complexity index is 773. The minimum Gasteiger partial charge on any atom is -0.489 e. The lowest BCUT2D eigenvalue weighted by Crippen LogP contribution is -2.49. The molecule has 1 atom stereocenters. The minimum absolute atomic E-state index is 0.0106. The van der Waals surface area contributed by atoms with Crippen LogP contribution in [-0.2, 0) is 11.8 Å². The fourth-order valence-corrected chi connectivity index (χ4v) is 4.26. The molecule has 1 aliphatic carbocycles. The number of halogens is 1. The number of aryl methyl sites for hydroxylation is 1. The summed E-state index contributed by atoms with van der Waals surface area (Å²) in [5, 5.41) is 12.2. The van der Waals surface area contributed by atoms with Crippen molar-refractivity contribution < 1.29 is 19.4 Å². The number of carbonyl (C=O) groups excluding carboxylic acids is 1. The summed E-state index contributed by atoms with van der Waals surface area (Å²) in [4.78, 5) is 36.6. The molecule has 1 aromatic rings. The third-order valence-electron chi connectivity index (χ3n) is 5.26. The highest BCUT2D eigenvalue weighted by Gasteiger charge is 2.35. The van der Waals surface area contributed by atoms with Crippen LogP contribution in [0.4, 0.5) is 4.79 Å². The smallest absolute Gasteiger partial charge is 0.407 e. The van der Waals surface area contributed by atoms with E-state index >= 15 is 0 Å². The van der Waals surface area contributed by atoms with Gasteiger partial charge in [0.15, 0.2) is 0 Å². The lowest BCUT2D eigenvalue weighted by atomic mass is 9.92. The molecule has 0 unspecified atom stereocenters. The van der Waals surface area contributed by atoms with E-state index < -0.39 is 12.1 Å². The first-order valence-corrected chi connectivity index (χ1v) is 9.97. The van der Waals surface area contributed by atoms with E-state index in [0.29, 0.717) is 18.7 Å². The molecule has 2 aliphatic rings. The Labute approximate surface area is 165 Å². The molecule has 0 spiro atoms. The zero-order valence-corrected chi connectivity index (χ0v) is 16.8. The quantitative estimate of drug-likeness (QED) is 0.744. The van der Waals surface area contributed by atoms with Crippen molar-refractivity contribution in [1.29, 1.82) is 0 Å². The summed E-state index contributed by atoms with van der Waals surface area (Å²) in [6.07, 6.45) is 4.98. The van der Waals surface area contributed by atoms with Gasteiger partial charge in [0.05, 0.1) is 10.6 Å². The van der Waals surface area contributed by atoms with Gasteiger partial charge in [-0.2, -0.15) is 0 Å². The van der Waals surface area contributed by atoms with E-state index in [1.807, 2.05) is 0 Å². The van der Waals surface area contributed by atoms with Crippen molar-refractivity contribution in [3.63, 3.8) is 0 Å². The van der Waals surface area contributed by atoms with Crippen LogP contribution in [0.3, 0.4) is 0 Å². The van der Waals surface area contributed by atoms with E-state index in [0.717, 1.165) is 36.6 Å². The largest absolute Gasteiger partial charge is 0.489 e. The number of carbonyl (C=O) groups is 2. The first kappa shape index (κ1) is 19.7. The lowest BCUT2D eigenvalue weighted by Gasteiger charge is -2.31. The van der Waals surface area contributed by atoms with Gasteiger partial charge in [-0.15, -0.1) is 0 Å². The molecule has 0 aromatic carbocycles. The summed E-state index contributed by atoms with van der Waals surface area (Å²) in [6, 6.07) is 0.923. The summed E-state index contributed by atoms with van der Waals surface area (Å²) in [5.74, 6) is 0.335. The molecule has 27 heavy (non-hydrogen) atoms. The van der Waals surface area contributed by atoms with Gasteiger partial charge in [0, 0.05) is 31.9 Å². The zero-order chi connectivity index (χ0) is 19.6. The molecule has 2 N–H and O–H groups in total. The summed E-state index contributed by atoms with van der Waals surface area (Å²) in [7, 11) is 1.68. The number of nitrogens with zero attached hydrogens (tertiary/aromatic N) is 2. The molecule has 1 aromatic heterocycles. The monoisotopic (exact) mass is 441 g/mol. The number of aromatic nitrogens is 1. The van der Waals surface area contributed by atoms with Crippen LogP contribution in [-0.4, -0.2) is 51.3 Å². The van der Waals surface area contributed by atoms with Gasteiger partial charge in [-0.1, -0.05) is 0 Å². The van der Waals surface area contributed by atoms with Crippen LogP contribution >= 0.6 is 15.9 Å². The van der Waals surface area contributed by atoms with Crippen LogP contribution in [0, 0.1) is 0 Å². The normalized spacial score (nSPS) is 25.3. The highest BCUT2D eigenvalue weighted by atomic mass is 79.9. The van der Waals surface area contributed by atoms with Gasteiger partial charge in [0.2, 0.25) is 5.91 Å². The topological polar surface area (TPSA) is 101 Å². The second-order valence-electron chi connectivity index (χ2n) is 7.17. The molecule has 1 aliphatic heterocycles. The lowest BCUT2D eigenvalue weighted by molar-refractivity contribution is -0.126. The molecular formula is C18H24BrN3O5. The summed E-state index contributed by atoms with van der Waals surface area (Å²) in [5.41, 5.74) is -0.131. The maximum absolute atomic E-state index is 12.4. The first-order chi connectivity index (χ1) is 12.8. The number of pyridine rings is 1. The van der Waals surface area contributed by atoms with Crippen molar-refractivity contribution in [3.05, 3.63) is 27.1 Å². The molecule has 2 heterocycles. The molecule has 1 saturated carbocycles. The van der Waals surface area contributed by atoms with E-state index in [-0.39, 0.29) is 23.6 Å². The molecule has 1 saturated heterocycles. The fourth-order valence-electron chi connectivity index (χ4n) is 3.74. The molecule has 0 radical (unpaired) electrons. The molecule has 2 amide bonds. The van der Waals surface area contributed by atoms with Crippen molar-refractivity contribution in [2.75, 3.05) is 6.54 Å². The molecule has 148 valence electrons. The van der Waals surface area contributed by atoms with Gasteiger partial charge in [0.1, 0.15) is 11.8 Å². The second kappa shape index (κ2) is 8.33. The summed E-state index contributed by atoms with van der Waals surface area (Å²) in [6.45, 7) is 0.416.